The molecule has 1 spiro atoms. The smallest absolute Gasteiger partial charge is 0.255 e. The molecule has 2 aliphatic rings. The van der Waals surface area contributed by atoms with Crippen molar-refractivity contribution in [3.8, 4) is 0 Å². The van der Waals surface area contributed by atoms with Crippen LogP contribution in [0.15, 0.2) is 60.8 Å². The zero-order chi connectivity index (χ0) is 20.0. The summed E-state index contributed by atoms with van der Waals surface area (Å²) in [6, 6.07) is 15.6. The molecule has 5 rings (SSSR count). The number of aromatic nitrogens is 1. The fourth-order valence-corrected chi connectivity index (χ4v) is 4.50. The van der Waals surface area contributed by atoms with E-state index < -0.39 is 0 Å². The Morgan fingerprint density at radius 2 is 1.86 bits per heavy atom. The normalized spacial score (nSPS) is 21.5. The van der Waals surface area contributed by atoms with Crippen molar-refractivity contribution in [1.82, 2.24) is 9.88 Å². The van der Waals surface area contributed by atoms with Crippen LogP contribution in [0.1, 0.15) is 23.2 Å². The number of para-hydroxylation sites is 1. The molecule has 2 fully saturated rings. The lowest BCUT2D eigenvalue weighted by Crippen LogP contribution is -2.34. The van der Waals surface area contributed by atoms with Crippen molar-refractivity contribution in [3.05, 3.63) is 72.2 Å². The Labute approximate surface area is 167 Å². The van der Waals surface area contributed by atoms with Gasteiger partial charge in [-0.2, -0.15) is 0 Å². The van der Waals surface area contributed by atoms with Gasteiger partial charge in [-0.1, -0.05) is 18.2 Å². The van der Waals surface area contributed by atoms with E-state index >= 15 is 0 Å². The maximum atomic E-state index is 13.2. The van der Waals surface area contributed by atoms with Crippen LogP contribution in [0.2, 0.25) is 0 Å². The maximum Gasteiger partial charge on any atom is 0.255 e. The van der Waals surface area contributed by atoms with Gasteiger partial charge in [-0.05, 0) is 42.8 Å². The molecule has 1 unspecified atom stereocenters. The predicted molar refractivity (Wildman–Crippen MR) is 108 cm³/mol. The van der Waals surface area contributed by atoms with E-state index in [9.17, 15) is 14.0 Å². The number of amides is 2. The molecular formula is C23H20FN3O2. The van der Waals surface area contributed by atoms with Crippen LogP contribution in [0.5, 0.6) is 0 Å². The third-order valence-corrected chi connectivity index (χ3v) is 6.02. The van der Waals surface area contributed by atoms with E-state index in [-0.39, 0.29) is 23.0 Å². The van der Waals surface area contributed by atoms with Crippen LogP contribution in [-0.4, -0.2) is 41.3 Å². The summed E-state index contributed by atoms with van der Waals surface area (Å²) in [5, 5.41) is 0.936. The van der Waals surface area contributed by atoms with E-state index in [1.165, 1.54) is 12.1 Å². The molecule has 0 bridgehead atoms. The molecule has 29 heavy (non-hydrogen) atoms. The van der Waals surface area contributed by atoms with Crippen LogP contribution < -0.4 is 4.90 Å². The molecule has 0 radical (unpaired) electrons. The number of hydrogen-bond donors (Lipinski definition) is 0. The fraction of sp³-hybridized carbons (Fsp3) is 0.261. The highest BCUT2D eigenvalue weighted by Crippen LogP contribution is 2.42. The van der Waals surface area contributed by atoms with E-state index in [0.29, 0.717) is 37.3 Å². The molecule has 3 aromatic rings. The number of benzene rings is 2. The molecule has 146 valence electrons. The fourth-order valence-electron chi connectivity index (χ4n) is 4.50. The van der Waals surface area contributed by atoms with Gasteiger partial charge in [-0.25, -0.2) is 4.39 Å². The van der Waals surface area contributed by atoms with E-state index in [1.54, 1.807) is 23.2 Å². The molecule has 0 aliphatic carbocycles. The highest BCUT2D eigenvalue weighted by atomic mass is 19.1. The van der Waals surface area contributed by atoms with Crippen LogP contribution in [0, 0.1) is 11.2 Å². The average molecular weight is 389 g/mol. The summed E-state index contributed by atoms with van der Waals surface area (Å²) in [5.74, 6) is -0.345. The molecule has 3 heterocycles. The second kappa shape index (κ2) is 6.65. The van der Waals surface area contributed by atoms with Gasteiger partial charge in [0.2, 0.25) is 5.91 Å². The van der Waals surface area contributed by atoms with Gasteiger partial charge in [0, 0.05) is 48.7 Å². The lowest BCUT2D eigenvalue weighted by atomic mass is 9.86. The minimum Gasteiger partial charge on any atom is -0.338 e. The summed E-state index contributed by atoms with van der Waals surface area (Å²) in [4.78, 5) is 33.6. The van der Waals surface area contributed by atoms with Crippen molar-refractivity contribution in [2.45, 2.75) is 12.8 Å². The summed E-state index contributed by atoms with van der Waals surface area (Å²) in [7, 11) is 0. The van der Waals surface area contributed by atoms with Gasteiger partial charge < -0.3 is 9.80 Å². The number of pyridine rings is 1. The molecule has 2 saturated heterocycles. The summed E-state index contributed by atoms with van der Waals surface area (Å²) >= 11 is 0. The van der Waals surface area contributed by atoms with Crippen molar-refractivity contribution >= 4 is 28.4 Å². The van der Waals surface area contributed by atoms with E-state index in [1.807, 2.05) is 35.2 Å². The van der Waals surface area contributed by atoms with Crippen molar-refractivity contribution < 1.29 is 14.0 Å². The molecule has 0 N–H and O–H groups in total. The third kappa shape index (κ3) is 3.14. The van der Waals surface area contributed by atoms with Crippen molar-refractivity contribution in [2.75, 3.05) is 24.5 Å². The van der Waals surface area contributed by atoms with Gasteiger partial charge >= 0.3 is 0 Å². The number of hydrogen-bond acceptors (Lipinski definition) is 3. The highest BCUT2D eigenvalue weighted by molar-refractivity contribution is 5.99. The van der Waals surface area contributed by atoms with Gasteiger partial charge in [0.1, 0.15) is 5.82 Å². The standard InChI is InChI=1S/C23H20FN3O2/c24-18-5-7-19(8-6-18)27-15-23(12-21(27)28)9-10-26(14-23)22(29)17-11-16-3-1-2-4-20(16)25-13-17/h1-8,11,13H,9-10,12,14-15H2. The summed E-state index contributed by atoms with van der Waals surface area (Å²) in [5.41, 5.74) is 1.89. The Balaban J connectivity index is 1.34. The SMILES string of the molecule is O=C(c1cnc2ccccc2c1)N1CCC2(CC(=O)N(c3ccc(F)cc3)C2)C1. The van der Waals surface area contributed by atoms with Gasteiger partial charge in [-0.15, -0.1) is 0 Å². The van der Waals surface area contributed by atoms with Gasteiger partial charge in [0.25, 0.3) is 5.91 Å². The molecule has 6 heteroatoms. The molecule has 1 atom stereocenters. The van der Waals surface area contributed by atoms with Crippen molar-refractivity contribution in [3.63, 3.8) is 0 Å². The Morgan fingerprint density at radius 3 is 2.69 bits per heavy atom. The quantitative estimate of drug-likeness (QED) is 0.672. The molecular weight excluding hydrogens is 369 g/mol. The Kier molecular flexibility index (Phi) is 4.08. The van der Waals surface area contributed by atoms with Crippen LogP contribution >= 0.6 is 0 Å². The molecule has 0 saturated carbocycles. The summed E-state index contributed by atoms with van der Waals surface area (Å²) in [6.07, 6.45) is 2.81. The third-order valence-electron chi connectivity index (χ3n) is 6.02. The first-order valence-corrected chi connectivity index (χ1v) is 9.73. The van der Waals surface area contributed by atoms with Crippen LogP contribution in [0.4, 0.5) is 10.1 Å². The largest absolute Gasteiger partial charge is 0.338 e. The first kappa shape index (κ1) is 17.8. The molecule has 2 aromatic carbocycles. The van der Waals surface area contributed by atoms with Gasteiger partial charge in [-0.3, -0.25) is 14.6 Å². The first-order valence-electron chi connectivity index (χ1n) is 9.73. The van der Waals surface area contributed by atoms with Gasteiger partial charge in [0.05, 0.1) is 11.1 Å². The molecule has 1 aromatic heterocycles. The first-order chi connectivity index (χ1) is 14.0. The number of anilines is 1. The summed E-state index contributed by atoms with van der Waals surface area (Å²) in [6.45, 7) is 1.72. The average Bonchev–Trinajstić information content (AvgIpc) is 3.30. The van der Waals surface area contributed by atoms with E-state index in [0.717, 1.165) is 17.3 Å². The second-order valence-corrected chi connectivity index (χ2v) is 8.03. The Morgan fingerprint density at radius 1 is 1.07 bits per heavy atom. The number of carbonyl (C=O) groups is 2. The van der Waals surface area contributed by atoms with E-state index in [2.05, 4.69) is 4.98 Å². The lowest BCUT2D eigenvalue weighted by Gasteiger charge is -2.24. The molecule has 2 amide bonds. The summed E-state index contributed by atoms with van der Waals surface area (Å²) < 4.78 is 13.2. The number of fused-ring (bicyclic) bond motifs is 1. The predicted octanol–water partition coefficient (Wildman–Crippen LogP) is 3.64. The highest BCUT2D eigenvalue weighted by Gasteiger charge is 2.48. The van der Waals surface area contributed by atoms with Gasteiger partial charge in [0.15, 0.2) is 0 Å². The van der Waals surface area contributed by atoms with Crippen molar-refractivity contribution in [1.29, 1.82) is 0 Å². The van der Waals surface area contributed by atoms with Crippen LogP contribution in [-0.2, 0) is 4.79 Å². The second-order valence-electron chi connectivity index (χ2n) is 8.03. The zero-order valence-electron chi connectivity index (χ0n) is 15.8. The van der Waals surface area contributed by atoms with Crippen LogP contribution in [0.3, 0.4) is 0 Å². The number of nitrogens with zero attached hydrogens (tertiary/aromatic N) is 3. The zero-order valence-corrected chi connectivity index (χ0v) is 15.8. The Bertz CT molecular complexity index is 1110. The number of likely N-dealkylation sites (tertiary alicyclic amines) is 1. The Hall–Kier alpha value is -3.28. The minimum absolute atomic E-state index is 0.0262. The topological polar surface area (TPSA) is 53.5 Å². The monoisotopic (exact) mass is 389 g/mol. The maximum absolute atomic E-state index is 13.2. The molecule has 5 nitrogen and oxygen atoms in total. The van der Waals surface area contributed by atoms with Crippen LogP contribution in [0.25, 0.3) is 10.9 Å². The number of rotatable bonds is 2. The van der Waals surface area contributed by atoms with E-state index in [4.69, 9.17) is 0 Å². The lowest BCUT2D eigenvalue weighted by molar-refractivity contribution is -0.117. The minimum atomic E-state index is -0.322. The van der Waals surface area contributed by atoms with Crippen molar-refractivity contribution in [2.24, 2.45) is 5.41 Å². The molecule has 2 aliphatic heterocycles. The number of halogens is 1. The number of carbonyl (C=O) groups excluding carboxylic acids is 2.